The van der Waals surface area contributed by atoms with E-state index in [2.05, 4.69) is 78.9 Å². The summed E-state index contributed by atoms with van der Waals surface area (Å²) < 4.78 is 1.24. The van der Waals surface area contributed by atoms with E-state index in [0.29, 0.717) is 0 Å². The van der Waals surface area contributed by atoms with E-state index in [1.165, 1.54) is 25.8 Å². The fourth-order valence-corrected chi connectivity index (χ4v) is 2.81. The van der Waals surface area contributed by atoms with Gasteiger partial charge in [0.05, 0.1) is 0 Å². The van der Waals surface area contributed by atoms with Crippen LogP contribution in [0.15, 0.2) is 42.5 Å². The Morgan fingerprint density at radius 2 is 1.67 bits per heavy atom. The van der Waals surface area contributed by atoms with Crippen molar-refractivity contribution >= 4 is 22.6 Å². The Bertz CT molecular complexity index is 528. The van der Waals surface area contributed by atoms with Crippen molar-refractivity contribution in [3.8, 4) is 0 Å². The third-order valence-electron chi connectivity index (χ3n) is 3.35. The van der Waals surface area contributed by atoms with Crippen LogP contribution in [0.2, 0.25) is 0 Å². The maximum absolute atomic E-state index is 6.33. The van der Waals surface area contributed by atoms with E-state index in [-0.39, 0.29) is 6.04 Å². The summed E-state index contributed by atoms with van der Waals surface area (Å²) in [4.78, 5) is 0. The molecule has 2 N–H and O–H groups in total. The largest absolute Gasteiger partial charge is 0.324 e. The molecule has 18 heavy (non-hydrogen) atoms. The Morgan fingerprint density at radius 3 is 2.28 bits per heavy atom. The Balaban J connectivity index is 2.24. The molecule has 0 aliphatic rings. The van der Waals surface area contributed by atoms with Crippen molar-refractivity contribution in [3.05, 3.63) is 68.3 Å². The van der Waals surface area contributed by atoms with E-state index < -0.39 is 0 Å². The van der Waals surface area contributed by atoms with Crippen molar-refractivity contribution in [1.82, 2.24) is 0 Å². The van der Waals surface area contributed by atoms with Gasteiger partial charge in [0.25, 0.3) is 0 Å². The number of halogens is 1. The summed E-state index contributed by atoms with van der Waals surface area (Å²) in [6, 6.07) is 14.9. The third kappa shape index (κ3) is 3.12. The average Bonchev–Trinajstić information content (AvgIpc) is 2.34. The number of rotatable bonds is 3. The molecule has 0 radical (unpaired) electrons. The minimum absolute atomic E-state index is 0.0690. The van der Waals surface area contributed by atoms with Crippen LogP contribution in [0.5, 0.6) is 0 Å². The van der Waals surface area contributed by atoms with Gasteiger partial charge in [0.1, 0.15) is 0 Å². The molecule has 0 aliphatic heterocycles. The van der Waals surface area contributed by atoms with Crippen molar-refractivity contribution < 1.29 is 0 Å². The smallest absolute Gasteiger partial charge is 0.0336 e. The standard InChI is InChI=1S/C16H18IN/c1-11-5-3-6-12(2)15(11)10-16(18)13-7-4-8-14(17)9-13/h3-9,16H,10,18H2,1-2H3. The highest BCUT2D eigenvalue weighted by molar-refractivity contribution is 14.1. The predicted octanol–water partition coefficient (Wildman–Crippen LogP) is 4.15. The number of nitrogens with two attached hydrogens (primary N) is 1. The van der Waals surface area contributed by atoms with Crippen molar-refractivity contribution in [2.45, 2.75) is 26.3 Å². The van der Waals surface area contributed by atoms with E-state index >= 15 is 0 Å². The van der Waals surface area contributed by atoms with Gasteiger partial charge in [0, 0.05) is 9.61 Å². The summed E-state index contributed by atoms with van der Waals surface area (Å²) in [5.74, 6) is 0. The summed E-state index contributed by atoms with van der Waals surface area (Å²) >= 11 is 2.33. The molecule has 0 amide bonds. The fraction of sp³-hybridized carbons (Fsp3) is 0.250. The van der Waals surface area contributed by atoms with Crippen LogP contribution in [0.25, 0.3) is 0 Å². The molecule has 0 spiro atoms. The monoisotopic (exact) mass is 351 g/mol. The van der Waals surface area contributed by atoms with Crippen LogP contribution in [-0.2, 0) is 6.42 Å². The zero-order valence-corrected chi connectivity index (χ0v) is 12.9. The van der Waals surface area contributed by atoms with Crippen LogP contribution in [0, 0.1) is 17.4 Å². The number of aryl methyl sites for hydroxylation is 2. The van der Waals surface area contributed by atoms with Gasteiger partial charge in [-0.3, -0.25) is 0 Å². The summed E-state index contributed by atoms with van der Waals surface area (Å²) in [7, 11) is 0. The van der Waals surface area contributed by atoms with Crippen LogP contribution in [0.4, 0.5) is 0 Å². The maximum Gasteiger partial charge on any atom is 0.0336 e. The van der Waals surface area contributed by atoms with Gasteiger partial charge >= 0.3 is 0 Å². The fourth-order valence-electron chi connectivity index (χ4n) is 2.25. The van der Waals surface area contributed by atoms with Crippen molar-refractivity contribution in [2.75, 3.05) is 0 Å². The van der Waals surface area contributed by atoms with Crippen LogP contribution in [-0.4, -0.2) is 0 Å². The molecule has 0 saturated carbocycles. The lowest BCUT2D eigenvalue weighted by molar-refractivity contribution is 0.715. The van der Waals surface area contributed by atoms with Gasteiger partial charge in [0.15, 0.2) is 0 Å². The normalized spacial score (nSPS) is 12.4. The van der Waals surface area contributed by atoms with Crippen LogP contribution >= 0.6 is 22.6 Å². The van der Waals surface area contributed by atoms with Gasteiger partial charge in [-0.2, -0.15) is 0 Å². The first-order valence-electron chi connectivity index (χ1n) is 6.14. The summed E-state index contributed by atoms with van der Waals surface area (Å²) in [6.45, 7) is 4.31. The van der Waals surface area contributed by atoms with Crippen molar-refractivity contribution in [3.63, 3.8) is 0 Å². The van der Waals surface area contributed by atoms with Gasteiger partial charge in [-0.15, -0.1) is 0 Å². The van der Waals surface area contributed by atoms with Gasteiger partial charge < -0.3 is 5.73 Å². The molecule has 0 saturated heterocycles. The minimum atomic E-state index is 0.0690. The van der Waals surface area contributed by atoms with Crippen molar-refractivity contribution in [2.24, 2.45) is 5.73 Å². The lowest BCUT2D eigenvalue weighted by Gasteiger charge is -2.16. The first kappa shape index (κ1) is 13.6. The van der Waals surface area contributed by atoms with Crippen molar-refractivity contribution in [1.29, 1.82) is 0 Å². The van der Waals surface area contributed by atoms with Crippen LogP contribution in [0.3, 0.4) is 0 Å². The molecule has 2 aromatic rings. The van der Waals surface area contributed by atoms with Gasteiger partial charge in [-0.25, -0.2) is 0 Å². The van der Waals surface area contributed by atoms with Gasteiger partial charge in [-0.05, 0) is 77.2 Å². The second-order valence-corrected chi connectivity index (χ2v) is 5.98. The molecule has 2 aromatic carbocycles. The highest BCUT2D eigenvalue weighted by atomic mass is 127. The molecule has 94 valence electrons. The highest BCUT2D eigenvalue weighted by Crippen LogP contribution is 2.22. The molecule has 0 heterocycles. The summed E-state index contributed by atoms with van der Waals surface area (Å²) in [5.41, 5.74) is 11.6. The molecule has 0 aromatic heterocycles. The van der Waals surface area contributed by atoms with E-state index in [1.807, 2.05) is 0 Å². The van der Waals surface area contributed by atoms with E-state index in [1.54, 1.807) is 0 Å². The lowest BCUT2D eigenvalue weighted by Crippen LogP contribution is -2.14. The average molecular weight is 351 g/mol. The number of benzene rings is 2. The Morgan fingerprint density at radius 1 is 1.06 bits per heavy atom. The van der Waals surface area contributed by atoms with E-state index in [0.717, 1.165) is 6.42 Å². The minimum Gasteiger partial charge on any atom is -0.324 e. The number of hydrogen-bond donors (Lipinski definition) is 1. The molecular formula is C16H18IN. The Hall–Kier alpha value is -0.870. The first-order chi connectivity index (χ1) is 8.58. The van der Waals surface area contributed by atoms with Gasteiger partial charge in [-0.1, -0.05) is 30.3 Å². The molecule has 2 heteroatoms. The molecule has 0 fully saturated rings. The first-order valence-corrected chi connectivity index (χ1v) is 7.22. The predicted molar refractivity (Wildman–Crippen MR) is 85.7 cm³/mol. The third-order valence-corrected chi connectivity index (χ3v) is 4.02. The zero-order valence-electron chi connectivity index (χ0n) is 10.8. The molecule has 0 aliphatic carbocycles. The Kier molecular flexibility index (Phi) is 4.40. The molecule has 1 atom stereocenters. The highest BCUT2D eigenvalue weighted by Gasteiger charge is 2.10. The molecular weight excluding hydrogens is 333 g/mol. The van der Waals surface area contributed by atoms with Crippen LogP contribution < -0.4 is 5.73 Å². The molecule has 0 bridgehead atoms. The summed E-state index contributed by atoms with van der Waals surface area (Å²) in [5, 5.41) is 0. The lowest BCUT2D eigenvalue weighted by atomic mass is 9.93. The quantitative estimate of drug-likeness (QED) is 0.826. The zero-order chi connectivity index (χ0) is 13.1. The summed E-state index contributed by atoms with van der Waals surface area (Å²) in [6.07, 6.45) is 0.901. The van der Waals surface area contributed by atoms with Gasteiger partial charge in [0.2, 0.25) is 0 Å². The van der Waals surface area contributed by atoms with Crippen LogP contribution in [0.1, 0.15) is 28.3 Å². The second kappa shape index (κ2) is 5.85. The SMILES string of the molecule is Cc1cccc(C)c1CC(N)c1cccc(I)c1. The molecule has 1 unspecified atom stereocenters. The molecule has 1 nitrogen and oxygen atoms in total. The Labute approximate surface area is 123 Å². The second-order valence-electron chi connectivity index (χ2n) is 4.74. The maximum atomic E-state index is 6.33. The number of hydrogen-bond acceptors (Lipinski definition) is 1. The molecule has 2 rings (SSSR count). The van der Waals surface area contributed by atoms with E-state index in [4.69, 9.17) is 5.73 Å². The van der Waals surface area contributed by atoms with E-state index in [9.17, 15) is 0 Å². The topological polar surface area (TPSA) is 26.0 Å².